The van der Waals surface area contributed by atoms with E-state index in [4.69, 9.17) is 0 Å². The van der Waals surface area contributed by atoms with Crippen LogP contribution in [0.25, 0.3) is 0 Å². The second-order valence-electron chi connectivity index (χ2n) is 5.74. The zero-order valence-corrected chi connectivity index (χ0v) is 13.9. The average Bonchev–Trinajstić information content (AvgIpc) is 3.13. The van der Waals surface area contributed by atoms with Gasteiger partial charge in [0, 0.05) is 16.5 Å². The molecule has 1 N–H and O–H groups in total. The first kappa shape index (κ1) is 16.1. The summed E-state index contributed by atoms with van der Waals surface area (Å²) in [6.45, 7) is 3.28. The maximum absolute atomic E-state index is 12.8. The van der Waals surface area contributed by atoms with Gasteiger partial charge >= 0.3 is 6.03 Å². The van der Waals surface area contributed by atoms with E-state index in [0.29, 0.717) is 11.1 Å². The minimum absolute atomic E-state index is 0.000848. The highest BCUT2D eigenvalue weighted by Crippen LogP contribution is 2.33. The number of hydrogen-bond acceptors (Lipinski definition) is 5. The minimum atomic E-state index is -1.10. The summed E-state index contributed by atoms with van der Waals surface area (Å²) in [7, 11) is 0. The third-order valence-corrected chi connectivity index (χ3v) is 5.32. The highest BCUT2D eigenvalue weighted by atomic mass is 32.1. The second-order valence-corrected chi connectivity index (χ2v) is 6.69. The fourth-order valence-electron chi connectivity index (χ4n) is 2.78. The standard InChI is InChI=1S/C16H15N3O4S/c1-10-11(5-3-6-12(10)19(22)23)9-18-14(20)16(2,17-15(18)21)13-7-4-8-24-13/h3-8H,9H2,1-2H3,(H,17,21). The molecule has 1 aromatic carbocycles. The van der Waals surface area contributed by atoms with Crippen molar-refractivity contribution in [1.29, 1.82) is 0 Å². The van der Waals surface area contributed by atoms with Crippen molar-refractivity contribution in [2.75, 3.05) is 0 Å². The molecule has 1 unspecified atom stereocenters. The van der Waals surface area contributed by atoms with Crippen LogP contribution in [0, 0.1) is 17.0 Å². The lowest BCUT2D eigenvalue weighted by atomic mass is 10.00. The Hall–Kier alpha value is -2.74. The summed E-state index contributed by atoms with van der Waals surface area (Å²) in [4.78, 5) is 37.5. The van der Waals surface area contributed by atoms with Crippen LogP contribution < -0.4 is 5.32 Å². The summed E-state index contributed by atoms with van der Waals surface area (Å²) in [5.74, 6) is -0.360. The molecule has 7 nitrogen and oxygen atoms in total. The molecule has 1 atom stereocenters. The predicted octanol–water partition coefficient (Wildman–Crippen LogP) is 2.93. The van der Waals surface area contributed by atoms with Gasteiger partial charge in [-0.3, -0.25) is 19.8 Å². The van der Waals surface area contributed by atoms with Gasteiger partial charge in [-0.05, 0) is 30.9 Å². The van der Waals surface area contributed by atoms with Crippen LogP contribution in [-0.2, 0) is 16.9 Å². The number of carbonyl (C=O) groups excluding carboxylic acids is 2. The van der Waals surface area contributed by atoms with Crippen molar-refractivity contribution in [1.82, 2.24) is 10.2 Å². The Bertz CT molecular complexity index is 834. The average molecular weight is 345 g/mol. The lowest BCUT2D eigenvalue weighted by molar-refractivity contribution is -0.385. The number of amides is 3. The molecular formula is C16H15N3O4S. The van der Waals surface area contributed by atoms with E-state index in [1.165, 1.54) is 17.4 Å². The van der Waals surface area contributed by atoms with Gasteiger partial charge in [-0.25, -0.2) is 4.79 Å². The third-order valence-electron chi connectivity index (χ3n) is 4.23. The maximum atomic E-state index is 12.8. The van der Waals surface area contributed by atoms with E-state index in [1.54, 1.807) is 32.0 Å². The van der Waals surface area contributed by atoms with E-state index in [9.17, 15) is 19.7 Å². The molecule has 1 aliphatic heterocycles. The molecular weight excluding hydrogens is 330 g/mol. The molecule has 1 fully saturated rings. The van der Waals surface area contributed by atoms with Crippen molar-refractivity contribution in [2.45, 2.75) is 25.9 Å². The molecule has 0 radical (unpaired) electrons. The van der Waals surface area contributed by atoms with Crippen molar-refractivity contribution >= 4 is 29.0 Å². The van der Waals surface area contributed by atoms with Crippen molar-refractivity contribution in [2.24, 2.45) is 0 Å². The first-order chi connectivity index (χ1) is 11.3. The topological polar surface area (TPSA) is 92.6 Å². The normalized spacial score (nSPS) is 20.3. The zero-order chi connectivity index (χ0) is 17.5. The number of thiophene rings is 1. The van der Waals surface area contributed by atoms with Gasteiger partial charge in [-0.1, -0.05) is 18.2 Å². The van der Waals surface area contributed by atoms with Gasteiger partial charge < -0.3 is 5.32 Å². The van der Waals surface area contributed by atoms with Crippen molar-refractivity contribution in [3.8, 4) is 0 Å². The smallest absolute Gasteiger partial charge is 0.319 e. The molecule has 0 saturated carbocycles. The highest BCUT2D eigenvalue weighted by Gasteiger charge is 2.49. The summed E-state index contributed by atoms with van der Waals surface area (Å²) in [5.41, 5.74) is -0.101. The molecule has 2 heterocycles. The van der Waals surface area contributed by atoms with Gasteiger partial charge in [0.1, 0.15) is 0 Å². The molecule has 0 aliphatic carbocycles. The number of nitro benzene ring substituents is 1. The fraction of sp³-hybridized carbons (Fsp3) is 0.250. The Kier molecular flexibility index (Phi) is 3.84. The molecule has 3 amide bonds. The Morgan fingerprint density at radius 2 is 2.04 bits per heavy atom. The Morgan fingerprint density at radius 3 is 2.67 bits per heavy atom. The van der Waals surface area contributed by atoms with Crippen LogP contribution in [0.15, 0.2) is 35.7 Å². The Morgan fingerprint density at radius 1 is 1.29 bits per heavy atom. The van der Waals surface area contributed by atoms with Gasteiger partial charge in [0.15, 0.2) is 5.54 Å². The summed E-state index contributed by atoms with van der Waals surface area (Å²) in [6.07, 6.45) is 0. The minimum Gasteiger partial charge on any atom is -0.319 e. The van der Waals surface area contributed by atoms with E-state index in [2.05, 4.69) is 5.32 Å². The molecule has 3 rings (SSSR count). The molecule has 1 aromatic heterocycles. The molecule has 1 aliphatic rings. The van der Waals surface area contributed by atoms with Crippen LogP contribution in [0.4, 0.5) is 10.5 Å². The van der Waals surface area contributed by atoms with E-state index in [-0.39, 0.29) is 18.1 Å². The number of benzene rings is 1. The SMILES string of the molecule is Cc1c(CN2C(=O)NC(C)(c3cccs3)C2=O)cccc1[N+](=O)[O-]. The molecule has 2 aromatic rings. The predicted molar refractivity (Wildman–Crippen MR) is 88.6 cm³/mol. The molecule has 24 heavy (non-hydrogen) atoms. The Labute approximate surface area is 142 Å². The van der Waals surface area contributed by atoms with E-state index >= 15 is 0 Å². The summed E-state index contributed by atoms with van der Waals surface area (Å²) < 4.78 is 0. The fourth-order valence-corrected chi connectivity index (χ4v) is 3.61. The van der Waals surface area contributed by atoms with Crippen LogP contribution >= 0.6 is 11.3 Å². The number of urea groups is 1. The molecule has 124 valence electrons. The van der Waals surface area contributed by atoms with Crippen molar-refractivity contribution < 1.29 is 14.5 Å². The van der Waals surface area contributed by atoms with Crippen LogP contribution in [0.5, 0.6) is 0 Å². The van der Waals surface area contributed by atoms with Crippen LogP contribution in [0.3, 0.4) is 0 Å². The number of imide groups is 1. The number of carbonyl (C=O) groups is 2. The number of rotatable bonds is 4. The molecule has 0 bridgehead atoms. The van der Waals surface area contributed by atoms with Gasteiger partial charge in [0.25, 0.3) is 11.6 Å². The number of nitrogens with one attached hydrogen (secondary N) is 1. The van der Waals surface area contributed by atoms with Gasteiger partial charge in [0.05, 0.1) is 11.5 Å². The first-order valence-corrected chi connectivity index (χ1v) is 8.13. The van der Waals surface area contributed by atoms with E-state index in [0.717, 1.165) is 9.78 Å². The second kappa shape index (κ2) is 5.72. The van der Waals surface area contributed by atoms with E-state index in [1.807, 2.05) is 11.4 Å². The Balaban J connectivity index is 1.92. The van der Waals surface area contributed by atoms with Gasteiger partial charge in [-0.2, -0.15) is 0 Å². The van der Waals surface area contributed by atoms with E-state index < -0.39 is 16.5 Å². The van der Waals surface area contributed by atoms with Gasteiger partial charge in [0.2, 0.25) is 0 Å². The number of nitro groups is 1. The van der Waals surface area contributed by atoms with Crippen molar-refractivity contribution in [3.05, 3.63) is 61.8 Å². The highest BCUT2D eigenvalue weighted by molar-refractivity contribution is 7.10. The monoisotopic (exact) mass is 345 g/mol. The molecule has 8 heteroatoms. The lowest BCUT2D eigenvalue weighted by Crippen LogP contribution is -2.40. The van der Waals surface area contributed by atoms with Crippen LogP contribution in [0.2, 0.25) is 0 Å². The summed E-state index contributed by atoms with van der Waals surface area (Å²) >= 11 is 1.39. The summed E-state index contributed by atoms with van der Waals surface area (Å²) in [5, 5.41) is 15.6. The van der Waals surface area contributed by atoms with Crippen molar-refractivity contribution in [3.63, 3.8) is 0 Å². The third kappa shape index (κ3) is 2.44. The lowest BCUT2D eigenvalue weighted by Gasteiger charge is -2.20. The largest absolute Gasteiger partial charge is 0.325 e. The number of hydrogen-bond donors (Lipinski definition) is 1. The number of nitrogens with zero attached hydrogens (tertiary/aromatic N) is 2. The maximum Gasteiger partial charge on any atom is 0.325 e. The molecule has 0 spiro atoms. The van der Waals surface area contributed by atoms with Crippen LogP contribution in [-0.4, -0.2) is 21.8 Å². The molecule has 1 saturated heterocycles. The summed E-state index contributed by atoms with van der Waals surface area (Å²) in [6, 6.07) is 7.76. The van der Waals surface area contributed by atoms with Crippen LogP contribution in [0.1, 0.15) is 22.9 Å². The zero-order valence-electron chi connectivity index (χ0n) is 13.1. The first-order valence-electron chi connectivity index (χ1n) is 7.25. The van der Waals surface area contributed by atoms with Gasteiger partial charge in [-0.15, -0.1) is 11.3 Å². The quantitative estimate of drug-likeness (QED) is 0.524.